The Morgan fingerprint density at radius 2 is 1.94 bits per heavy atom. The molecule has 0 saturated carbocycles. The molecule has 1 aromatic carbocycles. The molecule has 0 bridgehead atoms. The van der Waals surface area contributed by atoms with Crippen molar-refractivity contribution in [3.63, 3.8) is 0 Å². The van der Waals surface area contributed by atoms with Crippen LogP contribution in [0.15, 0.2) is 30.3 Å². The molecule has 0 aliphatic carbocycles. The molecule has 0 aromatic heterocycles. The van der Waals surface area contributed by atoms with Crippen molar-refractivity contribution in [1.29, 1.82) is 0 Å². The SMILES string of the molecule is C[C@H](NP(=O)(Oc1ccccc1)O[C@H]1O[C@H](CO)[C@@H](O)C1(F)F)C(=O)OCC(C)(C)C. The number of esters is 1. The van der Waals surface area contributed by atoms with E-state index < -0.39 is 50.8 Å². The molecule has 9 nitrogen and oxygen atoms in total. The van der Waals surface area contributed by atoms with Crippen molar-refractivity contribution in [3.8, 4) is 5.75 Å². The molecule has 0 amide bonds. The highest BCUT2D eigenvalue weighted by molar-refractivity contribution is 7.52. The van der Waals surface area contributed by atoms with Gasteiger partial charge in [-0.2, -0.15) is 13.9 Å². The minimum atomic E-state index is -4.66. The van der Waals surface area contributed by atoms with Gasteiger partial charge in [0.15, 0.2) is 6.10 Å². The number of hydrogen-bond acceptors (Lipinski definition) is 8. The summed E-state index contributed by atoms with van der Waals surface area (Å²) in [6.07, 6.45) is -6.54. The highest BCUT2D eigenvalue weighted by Gasteiger charge is 2.61. The highest BCUT2D eigenvalue weighted by atomic mass is 31.2. The number of rotatable bonds is 9. The average molecular weight is 467 g/mol. The third-order valence-corrected chi connectivity index (χ3v) is 5.72. The van der Waals surface area contributed by atoms with Gasteiger partial charge in [0.2, 0.25) is 6.29 Å². The normalized spacial score (nSPS) is 26.1. The second-order valence-corrected chi connectivity index (χ2v) is 9.98. The molecule has 3 N–H and O–H groups in total. The van der Waals surface area contributed by atoms with Crippen LogP contribution in [0.2, 0.25) is 0 Å². The third kappa shape index (κ3) is 6.93. The summed E-state index contributed by atoms with van der Waals surface area (Å²) in [7, 11) is -4.66. The number of benzene rings is 1. The molecule has 1 aliphatic rings. The van der Waals surface area contributed by atoms with Gasteiger partial charge < -0.3 is 24.2 Å². The monoisotopic (exact) mass is 467 g/mol. The predicted molar refractivity (Wildman–Crippen MR) is 105 cm³/mol. The Bertz CT molecular complexity index is 789. The largest absolute Gasteiger partial charge is 0.464 e. The molecule has 1 saturated heterocycles. The maximum atomic E-state index is 14.3. The van der Waals surface area contributed by atoms with E-state index >= 15 is 0 Å². The lowest BCUT2D eigenvalue weighted by Crippen LogP contribution is -2.43. The molecule has 1 unspecified atom stereocenters. The van der Waals surface area contributed by atoms with Crippen LogP contribution in [0.3, 0.4) is 0 Å². The number of para-hydroxylation sites is 1. The van der Waals surface area contributed by atoms with Crippen molar-refractivity contribution in [2.24, 2.45) is 5.41 Å². The lowest BCUT2D eigenvalue weighted by atomic mass is 9.99. The lowest BCUT2D eigenvalue weighted by Gasteiger charge is -2.27. The number of aliphatic hydroxyl groups is 2. The fourth-order valence-corrected chi connectivity index (χ4v) is 4.05. The molecule has 0 radical (unpaired) electrons. The summed E-state index contributed by atoms with van der Waals surface area (Å²) in [5, 5.41) is 21.0. The van der Waals surface area contributed by atoms with Crippen LogP contribution < -0.4 is 9.61 Å². The Balaban J connectivity index is 2.21. The maximum Gasteiger partial charge on any atom is 0.462 e. The standard InChI is InChI=1S/C19H28F2NO8P/c1-12(16(25)27-11-18(2,3)4)22-31(26,29-13-8-6-5-7-9-13)30-17-19(20,21)15(24)14(10-23)28-17/h5-9,12,14-15,17,23-24H,10-11H2,1-4H3,(H,22,26)/t12-,14+,15+,17+,31?/m0/s1. The first kappa shape index (κ1) is 25.6. The van der Waals surface area contributed by atoms with E-state index in [9.17, 15) is 23.2 Å². The minimum Gasteiger partial charge on any atom is -0.464 e. The lowest BCUT2D eigenvalue weighted by molar-refractivity contribution is -0.188. The van der Waals surface area contributed by atoms with Crippen molar-refractivity contribution in [1.82, 2.24) is 5.09 Å². The number of aliphatic hydroxyl groups excluding tert-OH is 2. The van der Waals surface area contributed by atoms with Crippen molar-refractivity contribution in [2.75, 3.05) is 13.2 Å². The summed E-state index contributed by atoms with van der Waals surface area (Å²) in [4.78, 5) is 12.3. The first-order valence-electron chi connectivity index (χ1n) is 9.57. The van der Waals surface area contributed by atoms with Crippen LogP contribution in [0.4, 0.5) is 8.78 Å². The van der Waals surface area contributed by atoms with E-state index in [1.165, 1.54) is 19.1 Å². The topological polar surface area (TPSA) is 124 Å². The molecular formula is C19H28F2NO8P. The van der Waals surface area contributed by atoms with Crippen LogP contribution in [-0.2, 0) is 23.4 Å². The summed E-state index contributed by atoms with van der Waals surface area (Å²) in [5.74, 6) is -4.79. The number of carbonyl (C=O) groups is 1. The van der Waals surface area contributed by atoms with Crippen molar-refractivity contribution in [2.45, 2.75) is 58.2 Å². The number of alkyl halides is 2. The van der Waals surface area contributed by atoms with Crippen molar-refractivity contribution in [3.05, 3.63) is 30.3 Å². The van der Waals surface area contributed by atoms with Gasteiger partial charge in [-0.15, -0.1) is 0 Å². The van der Waals surface area contributed by atoms with E-state index in [4.69, 9.17) is 23.6 Å². The van der Waals surface area contributed by atoms with Crippen molar-refractivity contribution >= 4 is 13.7 Å². The van der Waals surface area contributed by atoms with E-state index in [0.717, 1.165) is 0 Å². The van der Waals surface area contributed by atoms with Crippen molar-refractivity contribution < 1.29 is 46.9 Å². The fourth-order valence-electron chi connectivity index (χ4n) is 2.48. The zero-order valence-electron chi connectivity index (χ0n) is 17.7. The summed E-state index contributed by atoms with van der Waals surface area (Å²) in [6, 6.07) is 6.29. The van der Waals surface area contributed by atoms with Crippen LogP contribution in [0.25, 0.3) is 0 Å². The third-order valence-electron chi connectivity index (χ3n) is 4.10. The zero-order valence-corrected chi connectivity index (χ0v) is 18.6. The molecular weight excluding hydrogens is 439 g/mol. The van der Waals surface area contributed by atoms with Crippen LogP contribution in [-0.4, -0.2) is 59.9 Å². The van der Waals surface area contributed by atoms with E-state index in [-0.39, 0.29) is 17.8 Å². The fraction of sp³-hybridized carbons (Fsp3) is 0.632. The smallest absolute Gasteiger partial charge is 0.462 e. The summed E-state index contributed by atoms with van der Waals surface area (Å²) >= 11 is 0. The number of ether oxygens (including phenoxy) is 2. The molecule has 5 atom stereocenters. The Hall–Kier alpha value is -1.62. The molecule has 2 rings (SSSR count). The van der Waals surface area contributed by atoms with Gasteiger partial charge in [-0.05, 0) is 24.5 Å². The van der Waals surface area contributed by atoms with Gasteiger partial charge in [-0.25, -0.2) is 4.57 Å². The molecule has 31 heavy (non-hydrogen) atoms. The van der Waals surface area contributed by atoms with Gasteiger partial charge in [0.1, 0.15) is 17.9 Å². The highest BCUT2D eigenvalue weighted by Crippen LogP contribution is 2.51. The van der Waals surface area contributed by atoms with Gasteiger partial charge >= 0.3 is 19.6 Å². The quantitative estimate of drug-likeness (QED) is 0.371. The van der Waals surface area contributed by atoms with E-state index in [2.05, 4.69) is 5.09 Å². The molecule has 1 heterocycles. The first-order valence-corrected chi connectivity index (χ1v) is 11.1. The predicted octanol–water partition coefficient (Wildman–Crippen LogP) is 2.47. The second-order valence-electron chi connectivity index (χ2n) is 8.33. The van der Waals surface area contributed by atoms with Gasteiger partial charge in [-0.3, -0.25) is 9.32 Å². The maximum absolute atomic E-state index is 14.3. The van der Waals surface area contributed by atoms with E-state index in [1.54, 1.807) is 18.2 Å². The number of halogens is 2. The van der Waals surface area contributed by atoms with Gasteiger partial charge in [-0.1, -0.05) is 39.0 Å². The van der Waals surface area contributed by atoms with Crippen LogP contribution in [0, 0.1) is 5.41 Å². The molecule has 0 spiro atoms. The summed E-state index contributed by atoms with van der Waals surface area (Å²) in [6.45, 7) is 5.97. The molecule has 176 valence electrons. The first-order chi connectivity index (χ1) is 14.3. The Morgan fingerprint density at radius 1 is 1.32 bits per heavy atom. The average Bonchev–Trinajstić information content (AvgIpc) is 2.88. The number of carbonyl (C=O) groups excluding carboxylic acids is 1. The van der Waals surface area contributed by atoms with E-state index in [0.29, 0.717) is 0 Å². The molecule has 1 aliphatic heterocycles. The number of nitrogens with one attached hydrogen (secondary N) is 1. The summed E-state index contributed by atoms with van der Waals surface area (Å²) in [5.41, 5.74) is -0.328. The Morgan fingerprint density at radius 3 is 2.45 bits per heavy atom. The zero-order chi connectivity index (χ0) is 23.4. The van der Waals surface area contributed by atoms with Crippen LogP contribution in [0.1, 0.15) is 27.7 Å². The van der Waals surface area contributed by atoms with E-state index in [1.807, 2.05) is 20.8 Å². The van der Waals surface area contributed by atoms with Crippen LogP contribution in [0.5, 0.6) is 5.75 Å². The Labute approximate surface area is 179 Å². The second kappa shape index (κ2) is 9.89. The molecule has 1 aromatic rings. The summed E-state index contributed by atoms with van der Waals surface area (Å²) < 4.78 is 62.2. The molecule has 1 fully saturated rings. The Kier molecular flexibility index (Phi) is 8.18. The van der Waals surface area contributed by atoms with Gasteiger partial charge in [0.05, 0.1) is 13.2 Å². The molecule has 12 heteroatoms. The minimum absolute atomic E-state index is 0.00848. The van der Waals surface area contributed by atoms with Gasteiger partial charge in [0, 0.05) is 0 Å². The number of hydrogen-bond donors (Lipinski definition) is 3. The van der Waals surface area contributed by atoms with Crippen LogP contribution >= 0.6 is 7.75 Å². The van der Waals surface area contributed by atoms with Gasteiger partial charge in [0.25, 0.3) is 0 Å².